The Morgan fingerprint density at radius 3 is 1.14 bits per heavy atom. The number of hydrogen-bond acceptors (Lipinski definition) is 10. The van der Waals surface area contributed by atoms with Crippen molar-refractivity contribution in [2.75, 3.05) is 78.6 Å². The predicted molar refractivity (Wildman–Crippen MR) is 108 cm³/mol. The molecule has 0 heterocycles. The van der Waals surface area contributed by atoms with Gasteiger partial charge in [-0.25, -0.2) is 0 Å². The zero-order chi connectivity index (χ0) is 22.2. The maximum Gasteiger partial charge on any atom is 0.264 e. The zero-order valence-electron chi connectivity index (χ0n) is 17.9. The predicted octanol–water partition coefficient (Wildman–Crippen LogP) is 0.812. The van der Waals surface area contributed by atoms with Gasteiger partial charge in [0.15, 0.2) is 0 Å². The van der Waals surface area contributed by atoms with Gasteiger partial charge in [-0.2, -0.15) is 16.8 Å². The van der Waals surface area contributed by atoms with Gasteiger partial charge in [0.25, 0.3) is 20.2 Å². The first-order valence-corrected chi connectivity index (χ1v) is 13.2. The summed E-state index contributed by atoms with van der Waals surface area (Å²) >= 11 is 0. The van der Waals surface area contributed by atoms with Crippen molar-refractivity contribution < 1.29 is 44.1 Å². The Balaban J connectivity index is 4.79. The largest absolute Gasteiger partial charge is 0.381 e. The van der Waals surface area contributed by atoms with Crippen molar-refractivity contribution in [3.05, 3.63) is 0 Å². The van der Waals surface area contributed by atoms with E-state index in [0.29, 0.717) is 26.4 Å². The molecule has 0 spiro atoms. The summed E-state index contributed by atoms with van der Waals surface area (Å²) < 4.78 is 76.1. The molecule has 0 rings (SSSR count). The van der Waals surface area contributed by atoms with Gasteiger partial charge in [-0.05, 0) is 12.8 Å². The lowest BCUT2D eigenvalue weighted by atomic mass is 9.92. The molecule has 0 radical (unpaired) electrons. The van der Waals surface area contributed by atoms with Gasteiger partial charge in [0.05, 0.1) is 70.8 Å². The molecule has 0 aliphatic heterocycles. The number of ether oxygens (including phenoxy) is 4. The van der Waals surface area contributed by atoms with E-state index < -0.39 is 25.7 Å². The van der Waals surface area contributed by atoms with Gasteiger partial charge in [-0.3, -0.25) is 8.37 Å². The molecule has 0 aromatic rings. The minimum Gasteiger partial charge on any atom is -0.381 e. The minimum atomic E-state index is -3.52. The van der Waals surface area contributed by atoms with E-state index in [0.717, 1.165) is 25.4 Å². The van der Waals surface area contributed by atoms with Crippen molar-refractivity contribution in [2.45, 2.75) is 26.7 Å². The molecule has 12 heteroatoms. The molecule has 0 amide bonds. The summed E-state index contributed by atoms with van der Waals surface area (Å²) in [5.41, 5.74) is -0.638. The standard InChI is InChI=1S/C17H36O10S2/c1-5-7-22-13-17(14-23-8-6-2,15-24-9-11-26-28(3,18)19)16-25-10-12-27-29(4,20)21/h5-16H2,1-4H3. The highest BCUT2D eigenvalue weighted by Gasteiger charge is 2.32. The molecule has 0 aromatic carbocycles. The summed E-state index contributed by atoms with van der Waals surface area (Å²) in [5, 5.41) is 0. The molecule has 0 unspecified atom stereocenters. The van der Waals surface area contributed by atoms with Crippen LogP contribution in [-0.4, -0.2) is 95.4 Å². The van der Waals surface area contributed by atoms with Crippen molar-refractivity contribution in [3.8, 4) is 0 Å². The van der Waals surface area contributed by atoms with E-state index in [1.807, 2.05) is 13.8 Å². The van der Waals surface area contributed by atoms with Gasteiger partial charge in [0, 0.05) is 13.2 Å². The van der Waals surface area contributed by atoms with E-state index >= 15 is 0 Å². The molecule has 0 saturated carbocycles. The normalized spacial score (nSPS) is 13.1. The minimum absolute atomic E-state index is 0.0769. The van der Waals surface area contributed by atoms with Crippen LogP contribution in [0.1, 0.15) is 26.7 Å². The maximum absolute atomic E-state index is 11.0. The molecule has 0 bridgehead atoms. The van der Waals surface area contributed by atoms with E-state index in [1.54, 1.807) is 0 Å². The number of rotatable bonds is 20. The van der Waals surface area contributed by atoms with Crippen molar-refractivity contribution in [1.82, 2.24) is 0 Å². The Bertz CT molecular complexity index is 550. The molecule has 0 aliphatic rings. The van der Waals surface area contributed by atoms with Gasteiger partial charge in [0.1, 0.15) is 0 Å². The molecule has 0 saturated heterocycles. The van der Waals surface area contributed by atoms with Crippen LogP contribution >= 0.6 is 0 Å². The van der Waals surface area contributed by atoms with Gasteiger partial charge in [0.2, 0.25) is 0 Å². The Morgan fingerprint density at radius 2 is 0.862 bits per heavy atom. The third-order valence-corrected chi connectivity index (χ3v) is 4.57. The highest BCUT2D eigenvalue weighted by atomic mass is 32.2. The maximum atomic E-state index is 11.0. The Morgan fingerprint density at radius 1 is 0.552 bits per heavy atom. The van der Waals surface area contributed by atoms with Gasteiger partial charge >= 0.3 is 0 Å². The highest BCUT2D eigenvalue weighted by Crippen LogP contribution is 2.21. The smallest absolute Gasteiger partial charge is 0.264 e. The molecule has 29 heavy (non-hydrogen) atoms. The van der Waals surface area contributed by atoms with Crippen molar-refractivity contribution in [2.24, 2.45) is 5.41 Å². The lowest BCUT2D eigenvalue weighted by Gasteiger charge is -2.33. The third kappa shape index (κ3) is 18.2. The van der Waals surface area contributed by atoms with Crippen LogP contribution in [0.5, 0.6) is 0 Å². The fraction of sp³-hybridized carbons (Fsp3) is 1.00. The monoisotopic (exact) mass is 464 g/mol. The quantitative estimate of drug-likeness (QED) is 0.189. The summed E-state index contributed by atoms with van der Waals surface area (Å²) in [5.74, 6) is 0. The van der Waals surface area contributed by atoms with E-state index in [9.17, 15) is 16.8 Å². The van der Waals surface area contributed by atoms with Gasteiger partial charge in [-0.1, -0.05) is 13.8 Å². The number of hydrogen-bond donors (Lipinski definition) is 0. The van der Waals surface area contributed by atoms with Crippen LogP contribution in [0, 0.1) is 5.41 Å². The average molecular weight is 465 g/mol. The Kier molecular flexibility index (Phi) is 15.3. The first-order valence-electron chi connectivity index (χ1n) is 9.53. The third-order valence-electron chi connectivity index (χ3n) is 3.38. The molecular formula is C17H36O10S2. The van der Waals surface area contributed by atoms with Crippen LogP contribution in [0.25, 0.3) is 0 Å². The molecule has 0 aromatic heterocycles. The van der Waals surface area contributed by atoms with Gasteiger partial charge in [-0.15, -0.1) is 0 Å². The molecular weight excluding hydrogens is 428 g/mol. The van der Waals surface area contributed by atoms with E-state index in [4.69, 9.17) is 18.9 Å². The fourth-order valence-corrected chi connectivity index (χ4v) is 2.92. The van der Waals surface area contributed by atoms with E-state index in [-0.39, 0.29) is 39.6 Å². The Hall–Kier alpha value is -0.340. The summed E-state index contributed by atoms with van der Waals surface area (Å²) in [6.07, 6.45) is 3.64. The summed E-state index contributed by atoms with van der Waals surface area (Å²) in [4.78, 5) is 0. The molecule has 10 nitrogen and oxygen atoms in total. The molecule has 176 valence electrons. The molecule has 0 N–H and O–H groups in total. The zero-order valence-corrected chi connectivity index (χ0v) is 19.5. The molecule has 0 atom stereocenters. The van der Waals surface area contributed by atoms with Crippen LogP contribution in [0.3, 0.4) is 0 Å². The first kappa shape index (κ1) is 28.7. The summed E-state index contributed by atoms with van der Waals surface area (Å²) in [6.45, 7) is 6.08. The highest BCUT2D eigenvalue weighted by molar-refractivity contribution is 7.86. The van der Waals surface area contributed by atoms with E-state index in [1.165, 1.54) is 0 Å². The second-order valence-corrected chi connectivity index (χ2v) is 10.1. The second-order valence-electron chi connectivity index (χ2n) is 6.76. The summed E-state index contributed by atoms with van der Waals surface area (Å²) in [6, 6.07) is 0. The van der Waals surface area contributed by atoms with Crippen molar-refractivity contribution in [3.63, 3.8) is 0 Å². The molecule has 0 fully saturated rings. The van der Waals surface area contributed by atoms with E-state index in [2.05, 4.69) is 8.37 Å². The topological polar surface area (TPSA) is 124 Å². The van der Waals surface area contributed by atoms with Crippen LogP contribution in [0.2, 0.25) is 0 Å². The summed E-state index contributed by atoms with van der Waals surface area (Å²) in [7, 11) is -7.05. The van der Waals surface area contributed by atoms with Crippen LogP contribution < -0.4 is 0 Å². The molecule has 0 aliphatic carbocycles. The fourth-order valence-electron chi connectivity index (χ4n) is 2.18. The SMILES string of the molecule is CCCOCC(COCCC)(COCCOS(C)(=O)=O)COCCOS(C)(=O)=O. The lowest BCUT2D eigenvalue weighted by molar-refractivity contribution is -0.110. The average Bonchev–Trinajstić information content (AvgIpc) is 2.59. The lowest BCUT2D eigenvalue weighted by Crippen LogP contribution is -2.42. The van der Waals surface area contributed by atoms with Crippen LogP contribution in [0.15, 0.2) is 0 Å². The van der Waals surface area contributed by atoms with Crippen molar-refractivity contribution in [1.29, 1.82) is 0 Å². The van der Waals surface area contributed by atoms with Crippen LogP contribution in [-0.2, 0) is 47.5 Å². The Labute approximate surface area is 175 Å². The second kappa shape index (κ2) is 15.5. The van der Waals surface area contributed by atoms with Crippen molar-refractivity contribution >= 4 is 20.2 Å². The van der Waals surface area contributed by atoms with Crippen LogP contribution in [0.4, 0.5) is 0 Å². The van der Waals surface area contributed by atoms with Gasteiger partial charge < -0.3 is 18.9 Å². The first-order chi connectivity index (χ1) is 13.5.